The van der Waals surface area contributed by atoms with Crippen LogP contribution < -0.4 is 9.47 Å². The molecule has 156 valence electrons. The van der Waals surface area contributed by atoms with Crippen molar-refractivity contribution in [1.82, 2.24) is 0 Å². The molecule has 0 saturated heterocycles. The predicted molar refractivity (Wildman–Crippen MR) is 111 cm³/mol. The third kappa shape index (κ3) is 5.28. The van der Waals surface area contributed by atoms with Crippen LogP contribution in [-0.2, 0) is 27.1 Å². The highest BCUT2D eigenvalue weighted by Crippen LogP contribution is 2.44. The van der Waals surface area contributed by atoms with Crippen molar-refractivity contribution < 1.29 is 28.8 Å². The molecule has 0 aromatic heterocycles. The molecule has 29 heavy (non-hydrogen) atoms. The SMILES string of the molecule is C=CC(=O)OCCOCCOc1c2c(c(OCCO)c3ccccc13)CCCC2. The Kier molecular flexibility index (Phi) is 7.90. The first-order valence-electron chi connectivity index (χ1n) is 10.1. The fourth-order valence-electron chi connectivity index (χ4n) is 3.65. The number of aliphatic hydroxyl groups is 1. The monoisotopic (exact) mass is 400 g/mol. The number of carbonyl (C=O) groups excluding carboxylic acids is 1. The summed E-state index contributed by atoms with van der Waals surface area (Å²) in [7, 11) is 0. The molecule has 0 fully saturated rings. The van der Waals surface area contributed by atoms with Gasteiger partial charge in [-0.25, -0.2) is 4.79 Å². The van der Waals surface area contributed by atoms with Crippen molar-refractivity contribution in [3.05, 3.63) is 48.0 Å². The lowest BCUT2D eigenvalue weighted by molar-refractivity contribution is -0.139. The Bertz CT molecular complexity index is 845. The fraction of sp³-hybridized carbons (Fsp3) is 0.435. The van der Waals surface area contributed by atoms with Gasteiger partial charge in [-0.1, -0.05) is 30.8 Å². The number of aliphatic hydroxyl groups excluding tert-OH is 1. The van der Waals surface area contributed by atoms with Gasteiger partial charge in [-0.05, 0) is 25.7 Å². The molecule has 0 saturated carbocycles. The van der Waals surface area contributed by atoms with Gasteiger partial charge in [0, 0.05) is 28.0 Å². The van der Waals surface area contributed by atoms with Crippen LogP contribution in [-0.4, -0.2) is 50.7 Å². The molecule has 1 aliphatic carbocycles. The van der Waals surface area contributed by atoms with Gasteiger partial charge in [0.1, 0.15) is 31.3 Å². The number of hydrogen-bond acceptors (Lipinski definition) is 6. The van der Waals surface area contributed by atoms with Crippen molar-refractivity contribution in [2.24, 2.45) is 0 Å². The zero-order valence-electron chi connectivity index (χ0n) is 16.7. The molecule has 6 nitrogen and oxygen atoms in total. The Morgan fingerprint density at radius 1 is 0.931 bits per heavy atom. The van der Waals surface area contributed by atoms with Crippen LogP contribution in [0.25, 0.3) is 10.8 Å². The van der Waals surface area contributed by atoms with Crippen LogP contribution >= 0.6 is 0 Å². The number of fused-ring (bicyclic) bond motifs is 2. The molecule has 1 N–H and O–H groups in total. The summed E-state index contributed by atoms with van der Waals surface area (Å²) >= 11 is 0. The minimum atomic E-state index is -0.452. The molecule has 2 aromatic carbocycles. The summed E-state index contributed by atoms with van der Waals surface area (Å²) in [5.74, 6) is 1.32. The minimum absolute atomic E-state index is 0.0131. The molecule has 0 atom stereocenters. The summed E-state index contributed by atoms with van der Waals surface area (Å²) in [5, 5.41) is 11.2. The number of rotatable bonds is 11. The highest BCUT2D eigenvalue weighted by molar-refractivity contribution is 5.96. The van der Waals surface area contributed by atoms with Gasteiger partial charge in [0.25, 0.3) is 0 Å². The summed E-state index contributed by atoms with van der Waals surface area (Å²) in [4.78, 5) is 11.0. The summed E-state index contributed by atoms with van der Waals surface area (Å²) < 4.78 is 22.5. The fourth-order valence-corrected chi connectivity index (χ4v) is 3.65. The van der Waals surface area contributed by atoms with E-state index in [1.807, 2.05) is 24.3 Å². The summed E-state index contributed by atoms with van der Waals surface area (Å²) in [5.41, 5.74) is 2.39. The zero-order valence-corrected chi connectivity index (χ0v) is 16.7. The standard InChI is InChI=1S/C23H28O6/c1-2-21(25)27-15-13-26-14-16-29-23-19-9-5-3-7-17(19)22(28-12-11-24)18-8-4-6-10-20(18)23/h2-3,5,7,9,24H,1,4,6,8,10-16H2. The molecular formula is C23H28O6. The first-order valence-corrected chi connectivity index (χ1v) is 10.1. The summed E-state index contributed by atoms with van der Waals surface area (Å²) in [6.07, 6.45) is 5.26. The smallest absolute Gasteiger partial charge is 0.330 e. The second kappa shape index (κ2) is 10.8. The Morgan fingerprint density at radius 2 is 1.52 bits per heavy atom. The van der Waals surface area contributed by atoms with Crippen LogP contribution in [0, 0.1) is 0 Å². The van der Waals surface area contributed by atoms with Crippen LogP contribution in [0.4, 0.5) is 0 Å². The summed E-state index contributed by atoms with van der Waals surface area (Å²) in [6.45, 7) is 4.93. The van der Waals surface area contributed by atoms with Gasteiger partial charge in [0.15, 0.2) is 0 Å². The summed E-state index contributed by atoms with van der Waals surface area (Å²) in [6, 6.07) is 8.06. The molecule has 0 radical (unpaired) electrons. The molecular weight excluding hydrogens is 372 g/mol. The first kappa shape index (κ1) is 21.1. The molecule has 6 heteroatoms. The van der Waals surface area contributed by atoms with Gasteiger partial charge in [-0.2, -0.15) is 0 Å². The van der Waals surface area contributed by atoms with Crippen LogP contribution in [0.1, 0.15) is 24.0 Å². The topological polar surface area (TPSA) is 74.2 Å². The van der Waals surface area contributed by atoms with Gasteiger partial charge in [-0.3, -0.25) is 0 Å². The second-order valence-corrected chi connectivity index (χ2v) is 6.77. The number of carbonyl (C=O) groups is 1. The average Bonchev–Trinajstić information content (AvgIpc) is 2.77. The normalized spacial score (nSPS) is 13.0. The maximum absolute atomic E-state index is 11.0. The van der Waals surface area contributed by atoms with E-state index in [1.165, 1.54) is 11.1 Å². The van der Waals surface area contributed by atoms with E-state index in [1.54, 1.807) is 0 Å². The number of ether oxygens (including phenoxy) is 4. The number of hydrogen-bond donors (Lipinski definition) is 1. The molecule has 2 aromatic rings. The van der Waals surface area contributed by atoms with E-state index < -0.39 is 5.97 Å². The van der Waals surface area contributed by atoms with E-state index in [0.29, 0.717) is 19.8 Å². The number of benzene rings is 2. The third-order valence-corrected chi connectivity index (χ3v) is 4.88. The molecule has 0 unspecified atom stereocenters. The van der Waals surface area contributed by atoms with Gasteiger partial charge in [-0.15, -0.1) is 0 Å². The molecule has 0 amide bonds. The molecule has 1 aliphatic rings. The molecule has 0 spiro atoms. The zero-order chi connectivity index (χ0) is 20.5. The number of esters is 1. The predicted octanol–water partition coefficient (Wildman–Crippen LogP) is 3.21. The van der Waals surface area contributed by atoms with Crippen molar-refractivity contribution in [2.75, 3.05) is 39.6 Å². The lowest BCUT2D eigenvalue weighted by Gasteiger charge is -2.25. The molecule has 3 rings (SSSR count). The highest BCUT2D eigenvalue weighted by Gasteiger charge is 2.23. The van der Waals surface area contributed by atoms with Gasteiger partial charge >= 0.3 is 5.97 Å². The Morgan fingerprint density at radius 3 is 2.10 bits per heavy atom. The quantitative estimate of drug-likeness (QED) is 0.355. The Balaban J connectivity index is 1.72. The van der Waals surface area contributed by atoms with E-state index in [-0.39, 0.29) is 19.8 Å². The van der Waals surface area contributed by atoms with Crippen molar-refractivity contribution in [3.8, 4) is 11.5 Å². The van der Waals surface area contributed by atoms with Crippen LogP contribution in [0.15, 0.2) is 36.9 Å². The largest absolute Gasteiger partial charge is 0.490 e. The first-order chi connectivity index (χ1) is 14.3. The molecule has 0 bridgehead atoms. The highest BCUT2D eigenvalue weighted by atomic mass is 16.6. The van der Waals surface area contributed by atoms with Crippen molar-refractivity contribution >= 4 is 16.7 Å². The van der Waals surface area contributed by atoms with Crippen molar-refractivity contribution in [2.45, 2.75) is 25.7 Å². The average molecular weight is 400 g/mol. The molecule has 0 heterocycles. The Labute approximate surface area is 171 Å². The van der Waals surface area contributed by atoms with Crippen molar-refractivity contribution in [1.29, 1.82) is 0 Å². The van der Waals surface area contributed by atoms with E-state index in [4.69, 9.17) is 18.9 Å². The lowest BCUT2D eigenvalue weighted by atomic mass is 9.87. The van der Waals surface area contributed by atoms with Crippen LogP contribution in [0.3, 0.4) is 0 Å². The maximum Gasteiger partial charge on any atom is 0.330 e. The van der Waals surface area contributed by atoms with Crippen LogP contribution in [0.5, 0.6) is 11.5 Å². The van der Waals surface area contributed by atoms with E-state index in [2.05, 4.69) is 6.58 Å². The van der Waals surface area contributed by atoms with Crippen molar-refractivity contribution in [3.63, 3.8) is 0 Å². The molecule has 0 aliphatic heterocycles. The Hall–Kier alpha value is -2.57. The maximum atomic E-state index is 11.0. The van der Waals surface area contributed by atoms with Gasteiger partial charge < -0.3 is 24.1 Å². The second-order valence-electron chi connectivity index (χ2n) is 6.77. The van der Waals surface area contributed by atoms with E-state index in [0.717, 1.165) is 54.0 Å². The van der Waals surface area contributed by atoms with E-state index >= 15 is 0 Å². The lowest BCUT2D eigenvalue weighted by Crippen LogP contribution is -2.15. The van der Waals surface area contributed by atoms with Gasteiger partial charge in [0.2, 0.25) is 0 Å². The van der Waals surface area contributed by atoms with E-state index in [9.17, 15) is 9.90 Å². The van der Waals surface area contributed by atoms with Crippen LogP contribution in [0.2, 0.25) is 0 Å². The third-order valence-electron chi connectivity index (χ3n) is 4.88. The minimum Gasteiger partial charge on any atom is -0.490 e. The van der Waals surface area contributed by atoms with Gasteiger partial charge in [0.05, 0.1) is 19.8 Å².